The largest absolute Gasteiger partial charge is 0.241 e. The molecule has 0 heterocycles. The van der Waals surface area contributed by atoms with E-state index in [0.29, 0.717) is 10.8 Å². The summed E-state index contributed by atoms with van der Waals surface area (Å²) in [7, 11) is -3.45. The van der Waals surface area contributed by atoms with Gasteiger partial charge < -0.3 is 0 Å². The minimum Gasteiger partial charge on any atom is -0.207 e. The minimum absolute atomic E-state index is 0.0829. The van der Waals surface area contributed by atoms with Gasteiger partial charge in [-0.15, -0.1) is 0 Å². The van der Waals surface area contributed by atoms with E-state index in [4.69, 9.17) is 0 Å². The molecular weight excluding hydrogens is 282 g/mol. The zero-order valence-electron chi connectivity index (χ0n) is 12.9. The van der Waals surface area contributed by atoms with Gasteiger partial charge in [0.2, 0.25) is 10.0 Å². The van der Waals surface area contributed by atoms with E-state index < -0.39 is 10.0 Å². The Morgan fingerprint density at radius 2 is 1.81 bits per heavy atom. The number of hydrogen-bond acceptors (Lipinski definition) is 2. The van der Waals surface area contributed by atoms with Crippen LogP contribution in [0.25, 0.3) is 0 Å². The number of sulfonamides is 1. The minimum atomic E-state index is -3.45. The molecule has 1 fully saturated rings. The monoisotopic (exact) mass is 307 g/mol. The van der Waals surface area contributed by atoms with E-state index in [1.807, 2.05) is 26.0 Å². The van der Waals surface area contributed by atoms with Crippen LogP contribution in [-0.4, -0.2) is 14.5 Å². The Morgan fingerprint density at radius 1 is 1.19 bits per heavy atom. The molecule has 2 rings (SSSR count). The van der Waals surface area contributed by atoms with E-state index in [1.165, 1.54) is 19.3 Å². The quantitative estimate of drug-likeness (QED) is 0.839. The van der Waals surface area contributed by atoms with Crippen LogP contribution in [0.3, 0.4) is 0 Å². The summed E-state index contributed by atoms with van der Waals surface area (Å²) < 4.78 is 28.1. The lowest BCUT2D eigenvalue weighted by Crippen LogP contribution is -2.41. The molecule has 4 heteroatoms. The first-order valence-corrected chi connectivity index (χ1v) is 9.23. The summed E-state index contributed by atoms with van der Waals surface area (Å²) in [5.74, 6) is 0.411. The van der Waals surface area contributed by atoms with E-state index >= 15 is 0 Å². The van der Waals surface area contributed by atoms with Crippen LogP contribution in [-0.2, 0) is 10.0 Å². The van der Waals surface area contributed by atoms with Crippen LogP contribution in [0.2, 0.25) is 0 Å². The summed E-state index contributed by atoms with van der Waals surface area (Å²) in [6.45, 7) is 3.99. The van der Waals surface area contributed by atoms with Crippen molar-refractivity contribution < 1.29 is 8.42 Å². The Morgan fingerprint density at radius 3 is 2.38 bits per heavy atom. The van der Waals surface area contributed by atoms with Crippen molar-refractivity contribution in [2.45, 2.75) is 56.9 Å². The van der Waals surface area contributed by atoms with E-state index in [9.17, 15) is 8.42 Å². The van der Waals surface area contributed by atoms with Crippen LogP contribution >= 0.6 is 0 Å². The zero-order valence-corrected chi connectivity index (χ0v) is 13.7. The lowest BCUT2D eigenvalue weighted by molar-refractivity contribution is 0.312. The van der Waals surface area contributed by atoms with Gasteiger partial charge in [-0.25, -0.2) is 13.1 Å². The van der Waals surface area contributed by atoms with Gasteiger partial charge in [-0.1, -0.05) is 49.1 Å². The van der Waals surface area contributed by atoms with Crippen molar-refractivity contribution in [3.8, 4) is 0 Å². The Bertz CT molecular complexity index is 572. The van der Waals surface area contributed by atoms with E-state index in [2.05, 4.69) is 4.72 Å². The standard InChI is InChI=1S/C17H25NO2S/c1-3-14(2)17(15-10-6-4-7-11-15)18-21(19,20)16-12-8-5-9-13-16/h3,5,8-9,12-13,15,17-18H,4,6-7,10-11H2,1-2H3/b14-3+. The van der Waals surface area contributed by atoms with Crippen molar-refractivity contribution in [1.29, 1.82) is 0 Å². The average molecular weight is 307 g/mol. The van der Waals surface area contributed by atoms with Crippen LogP contribution < -0.4 is 4.72 Å². The van der Waals surface area contributed by atoms with Crippen LogP contribution in [0, 0.1) is 5.92 Å². The lowest BCUT2D eigenvalue weighted by atomic mass is 9.82. The third-order valence-electron chi connectivity index (χ3n) is 4.40. The second-order valence-electron chi connectivity index (χ2n) is 5.84. The highest BCUT2D eigenvalue weighted by Gasteiger charge is 2.29. The second kappa shape index (κ2) is 7.23. The molecule has 116 valence electrons. The zero-order chi connectivity index (χ0) is 15.3. The van der Waals surface area contributed by atoms with E-state index in [0.717, 1.165) is 18.4 Å². The molecule has 21 heavy (non-hydrogen) atoms. The maximum Gasteiger partial charge on any atom is 0.241 e. The maximum atomic E-state index is 12.6. The molecule has 1 N–H and O–H groups in total. The SMILES string of the molecule is C/C=C(\C)C(NS(=O)(=O)c1ccccc1)C1CCCCC1. The highest BCUT2D eigenvalue weighted by atomic mass is 32.2. The molecule has 1 aliphatic rings. The Hall–Kier alpha value is -1.13. The molecule has 0 aromatic heterocycles. The van der Waals surface area contributed by atoms with Gasteiger partial charge in [0.15, 0.2) is 0 Å². The van der Waals surface area contributed by atoms with Crippen molar-refractivity contribution in [2.75, 3.05) is 0 Å². The third kappa shape index (κ3) is 4.17. The predicted molar refractivity (Wildman–Crippen MR) is 86.6 cm³/mol. The molecule has 3 nitrogen and oxygen atoms in total. The molecular formula is C17H25NO2S. The van der Waals surface area contributed by atoms with Gasteiger partial charge in [-0.05, 0) is 44.7 Å². The van der Waals surface area contributed by atoms with Crippen LogP contribution in [0.15, 0.2) is 46.9 Å². The average Bonchev–Trinajstić information content (AvgIpc) is 2.53. The molecule has 0 radical (unpaired) electrons. The first kappa shape index (κ1) is 16.2. The van der Waals surface area contributed by atoms with Gasteiger partial charge >= 0.3 is 0 Å². The fourth-order valence-electron chi connectivity index (χ4n) is 3.04. The van der Waals surface area contributed by atoms with Crippen LogP contribution in [0.5, 0.6) is 0 Å². The maximum absolute atomic E-state index is 12.6. The van der Waals surface area contributed by atoms with Gasteiger partial charge in [-0.2, -0.15) is 0 Å². The fourth-order valence-corrected chi connectivity index (χ4v) is 4.41. The lowest BCUT2D eigenvalue weighted by Gasteiger charge is -2.31. The molecule has 0 saturated heterocycles. The van der Waals surface area contributed by atoms with Crippen LogP contribution in [0.1, 0.15) is 46.0 Å². The third-order valence-corrected chi connectivity index (χ3v) is 5.86. The van der Waals surface area contributed by atoms with Crippen molar-refractivity contribution in [3.05, 3.63) is 42.0 Å². The Kier molecular flexibility index (Phi) is 5.59. The Labute approximate surface area is 128 Å². The molecule has 1 saturated carbocycles. The summed E-state index contributed by atoms with van der Waals surface area (Å²) >= 11 is 0. The Balaban J connectivity index is 2.22. The number of benzene rings is 1. The van der Waals surface area contributed by atoms with Gasteiger partial charge in [0, 0.05) is 6.04 Å². The van der Waals surface area contributed by atoms with Gasteiger partial charge in [0.05, 0.1) is 4.90 Å². The topological polar surface area (TPSA) is 46.2 Å². The van der Waals surface area contributed by atoms with Crippen LogP contribution in [0.4, 0.5) is 0 Å². The van der Waals surface area contributed by atoms with Crippen molar-refractivity contribution in [2.24, 2.45) is 5.92 Å². The first-order valence-electron chi connectivity index (χ1n) is 7.75. The molecule has 1 unspecified atom stereocenters. The molecule has 1 aromatic carbocycles. The van der Waals surface area contributed by atoms with Crippen molar-refractivity contribution in [1.82, 2.24) is 4.72 Å². The molecule has 0 bridgehead atoms. The second-order valence-corrected chi connectivity index (χ2v) is 7.56. The van der Waals surface area contributed by atoms with Gasteiger partial charge in [0.1, 0.15) is 0 Å². The van der Waals surface area contributed by atoms with Crippen molar-refractivity contribution >= 4 is 10.0 Å². The summed E-state index contributed by atoms with van der Waals surface area (Å²) in [6, 6.07) is 8.55. The summed E-state index contributed by atoms with van der Waals surface area (Å²) in [5.41, 5.74) is 1.11. The van der Waals surface area contributed by atoms with Gasteiger partial charge in [-0.3, -0.25) is 0 Å². The summed E-state index contributed by atoms with van der Waals surface area (Å²) in [5, 5.41) is 0. The number of nitrogens with one attached hydrogen (secondary N) is 1. The molecule has 0 spiro atoms. The highest BCUT2D eigenvalue weighted by molar-refractivity contribution is 7.89. The van der Waals surface area contributed by atoms with E-state index in [1.54, 1.807) is 24.3 Å². The molecule has 1 atom stereocenters. The summed E-state index contributed by atoms with van der Waals surface area (Å²) in [4.78, 5) is 0.342. The number of rotatable bonds is 5. The molecule has 1 aromatic rings. The smallest absolute Gasteiger partial charge is 0.207 e. The first-order chi connectivity index (χ1) is 10.0. The van der Waals surface area contributed by atoms with Crippen molar-refractivity contribution in [3.63, 3.8) is 0 Å². The number of hydrogen-bond donors (Lipinski definition) is 1. The fraction of sp³-hybridized carbons (Fsp3) is 0.529. The molecule has 0 aliphatic heterocycles. The highest BCUT2D eigenvalue weighted by Crippen LogP contribution is 2.30. The molecule has 0 amide bonds. The number of allylic oxidation sites excluding steroid dienone is 1. The van der Waals surface area contributed by atoms with Gasteiger partial charge in [0.25, 0.3) is 0 Å². The predicted octanol–water partition coefficient (Wildman–Crippen LogP) is 3.88. The summed E-state index contributed by atoms with van der Waals surface area (Å²) in [6.07, 6.45) is 7.90. The molecule has 1 aliphatic carbocycles. The van der Waals surface area contributed by atoms with E-state index in [-0.39, 0.29) is 6.04 Å². The normalized spacial score (nSPS) is 19.4.